The van der Waals surface area contributed by atoms with Crippen LogP contribution in [0.2, 0.25) is 0 Å². The molecule has 1 unspecified atom stereocenters. The molecule has 3 nitrogen and oxygen atoms in total. The molecule has 5 heteroatoms. The van der Waals surface area contributed by atoms with E-state index >= 15 is 0 Å². The van der Waals surface area contributed by atoms with Crippen molar-refractivity contribution in [3.05, 3.63) is 82.0 Å². The number of hydrogen-bond donors (Lipinski definition) is 2. The van der Waals surface area contributed by atoms with E-state index in [1.54, 1.807) is 23.5 Å². The Morgan fingerprint density at radius 2 is 1.86 bits per heavy atom. The van der Waals surface area contributed by atoms with Gasteiger partial charge in [0.25, 0.3) is 0 Å². The maximum Gasteiger partial charge on any atom is 0.162 e. The highest BCUT2D eigenvalue weighted by molar-refractivity contribution is 7.15. The fourth-order valence-corrected chi connectivity index (χ4v) is 4.24. The van der Waals surface area contributed by atoms with Crippen LogP contribution in [0.3, 0.4) is 0 Å². The first-order valence-corrected chi connectivity index (χ1v) is 10.5. The van der Waals surface area contributed by atoms with Gasteiger partial charge in [0.05, 0.1) is 12.7 Å². The number of hydrogen-bond acceptors (Lipinski definition) is 4. The molecule has 0 aliphatic carbocycles. The molecule has 1 atom stereocenters. The summed E-state index contributed by atoms with van der Waals surface area (Å²) in [6.45, 7) is 1.76. The summed E-state index contributed by atoms with van der Waals surface area (Å²) < 4.78 is 13.1. The minimum absolute atomic E-state index is 0.0505. The third-order valence-corrected chi connectivity index (χ3v) is 6.11. The Kier molecular flexibility index (Phi) is 7.31. The van der Waals surface area contributed by atoms with Crippen LogP contribution in [0.4, 0.5) is 4.39 Å². The van der Waals surface area contributed by atoms with Crippen molar-refractivity contribution >= 4 is 17.1 Å². The lowest BCUT2D eigenvalue weighted by Crippen LogP contribution is -2.12. The first kappa shape index (κ1) is 21.4. The second-order valence-electron chi connectivity index (χ2n) is 7.24. The van der Waals surface area contributed by atoms with Gasteiger partial charge in [-0.1, -0.05) is 24.3 Å². The average Bonchev–Trinajstić information content (AvgIpc) is 3.18. The number of thiophene rings is 1. The summed E-state index contributed by atoms with van der Waals surface area (Å²) in [7, 11) is 0. The highest BCUT2D eigenvalue weighted by Crippen LogP contribution is 2.30. The number of carbonyl (C=O) groups excluding carboxylic acids is 1. The Hall–Kier alpha value is -2.34. The Labute approximate surface area is 174 Å². The van der Waals surface area contributed by atoms with Gasteiger partial charge in [0.2, 0.25) is 0 Å². The number of aliphatic hydroxyl groups excluding tert-OH is 2. The third kappa shape index (κ3) is 5.82. The largest absolute Gasteiger partial charge is 0.394 e. The summed E-state index contributed by atoms with van der Waals surface area (Å²) in [6, 6.07) is 16.4. The van der Waals surface area contributed by atoms with E-state index in [4.69, 9.17) is 5.11 Å². The number of rotatable bonds is 9. The number of ketones is 1. The lowest BCUT2D eigenvalue weighted by Gasteiger charge is -2.09. The molecule has 2 aromatic carbocycles. The topological polar surface area (TPSA) is 57.5 Å². The number of carbonyl (C=O) groups is 1. The molecular formula is C24H25FO3S. The van der Waals surface area contributed by atoms with Crippen LogP contribution in [0.15, 0.2) is 54.6 Å². The van der Waals surface area contributed by atoms with E-state index in [0.717, 1.165) is 28.0 Å². The van der Waals surface area contributed by atoms with E-state index < -0.39 is 6.10 Å². The van der Waals surface area contributed by atoms with Gasteiger partial charge in [-0.25, -0.2) is 4.39 Å². The predicted molar refractivity (Wildman–Crippen MR) is 115 cm³/mol. The monoisotopic (exact) mass is 412 g/mol. The fraction of sp³-hybridized carbons (Fsp3) is 0.292. The van der Waals surface area contributed by atoms with E-state index in [-0.39, 0.29) is 18.2 Å². The van der Waals surface area contributed by atoms with Gasteiger partial charge in [-0.2, -0.15) is 0 Å². The molecule has 0 radical (unpaired) electrons. The maximum atomic E-state index is 13.1. The Balaban J connectivity index is 1.69. The quantitative estimate of drug-likeness (QED) is 0.477. The molecule has 0 amide bonds. The fourth-order valence-electron chi connectivity index (χ4n) is 3.20. The minimum atomic E-state index is -0.759. The molecule has 0 bridgehead atoms. The molecule has 1 aromatic heterocycles. The van der Waals surface area contributed by atoms with E-state index in [0.29, 0.717) is 24.8 Å². The molecule has 0 saturated carbocycles. The van der Waals surface area contributed by atoms with Crippen LogP contribution in [0.1, 0.15) is 45.6 Å². The maximum absolute atomic E-state index is 13.1. The van der Waals surface area contributed by atoms with Crippen molar-refractivity contribution in [3.63, 3.8) is 0 Å². The molecule has 3 rings (SSSR count). The molecular weight excluding hydrogens is 387 g/mol. The molecule has 1 heterocycles. The van der Waals surface area contributed by atoms with E-state index in [1.165, 1.54) is 17.0 Å². The zero-order chi connectivity index (χ0) is 20.8. The molecule has 2 N–H and O–H groups in total. The minimum Gasteiger partial charge on any atom is -0.394 e. The second kappa shape index (κ2) is 9.92. The van der Waals surface area contributed by atoms with Gasteiger partial charge >= 0.3 is 0 Å². The number of benzene rings is 2. The van der Waals surface area contributed by atoms with Crippen LogP contribution in [0.25, 0.3) is 10.4 Å². The Bertz CT molecular complexity index is 963. The van der Waals surface area contributed by atoms with Crippen molar-refractivity contribution < 1.29 is 19.4 Å². The summed E-state index contributed by atoms with van der Waals surface area (Å²) in [4.78, 5) is 14.7. The SMILES string of the molecule is Cc1ccc(C(=O)CCCC(O)CO)cc1Cc1ccc(-c2ccc(F)cc2)s1. The Morgan fingerprint density at radius 3 is 2.59 bits per heavy atom. The molecule has 0 fully saturated rings. The van der Waals surface area contributed by atoms with Crippen LogP contribution in [0, 0.1) is 12.7 Å². The standard InChI is InChI=1S/C24H25FO3S/c1-16-5-6-18(23(28)4-2-3-21(27)15-26)13-19(16)14-22-11-12-24(29-22)17-7-9-20(25)10-8-17/h5-13,21,26-27H,2-4,14-15H2,1H3. The number of halogens is 1. The van der Waals surface area contributed by atoms with E-state index in [9.17, 15) is 14.3 Å². The zero-order valence-electron chi connectivity index (χ0n) is 16.4. The zero-order valence-corrected chi connectivity index (χ0v) is 17.2. The molecule has 0 aliphatic heterocycles. The van der Waals surface area contributed by atoms with Crippen molar-refractivity contribution in [2.45, 2.75) is 38.7 Å². The summed E-state index contributed by atoms with van der Waals surface area (Å²) in [5.41, 5.74) is 3.92. The van der Waals surface area contributed by atoms with Crippen LogP contribution in [-0.2, 0) is 6.42 Å². The van der Waals surface area contributed by atoms with Gasteiger partial charge in [0.15, 0.2) is 5.78 Å². The first-order valence-electron chi connectivity index (χ1n) is 9.72. The van der Waals surface area contributed by atoms with Crippen LogP contribution in [0.5, 0.6) is 0 Å². The molecule has 0 aliphatic rings. The van der Waals surface area contributed by atoms with Gasteiger partial charge in [0.1, 0.15) is 5.82 Å². The van der Waals surface area contributed by atoms with E-state index in [2.05, 4.69) is 6.07 Å². The summed E-state index contributed by atoms with van der Waals surface area (Å²) >= 11 is 1.67. The normalized spacial score (nSPS) is 12.1. The van der Waals surface area contributed by atoms with E-state index in [1.807, 2.05) is 31.2 Å². The predicted octanol–water partition coefficient (Wildman–Crippen LogP) is 5.16. The molecule has 152 valence electrons. The van der Waals surface area contributed by atoms with Crippen molar-refractivity contribution in [1.29, 1.82) is 0 Å². The highest BCUT2D eigenvalue weighted by atomic mass is 32.1. The lowest BCUT2D eigenvalue weighted by atomic mass is 9.97. The lowest BCUT2D eigenvalue weighted by molar-refractivity contribution is 0.0829. The number of Topliss-reactive ketones (excluding diaryl/α,β-unsaturated/α-hetero) is 1. The summed E-state index contributed by atoms with van der Waals surface area (Å²) in [6.07, 6.45) is 1.30. The Morgan fingerprint density at radius 1 is 1.10 bits per heavy atom. The summed E-state index contributed by atoms with van der Waals surface area (Å²) in [5, 5.41) is 18.3. The van der Waals surface area contributed by atoms with Gasteiger partial charge in [-0.05, 0) is 66.8 Å². The average molecular weight is 413 g/mol. The van der Waals surface area contributed by atoms with Crippen LogP contribution < -0.4 is 0 Å². The molecule has 3 aromatic rings. The van der Waals surface area contributed by atoms with Crippen molar-refractivity contribution in [1.82, 2.24) is 0 Å². The van der Waals surface area contributed by atoms with Gasteiger partial charge in [-0.15, -0.1) is 11.3 Å². The number of aryl methyl sites for hydroxylation is 1. The molecule has 0 saturated heterocycles. The van der Waals surface area contributed by atoms with Crippen LogP contribution in [-0.4, -0.2) is 28.7 Å². The molecule has 29 heavy (non-hydrogen) atoms. The molecule has 0 spiro atoms. The highest BCUT2D eigenvalue weighted by Gasteiger charge is 2.11. The van der Waals surface area contributed by atoms with Gasteiger partial charge in [-0.3, -0.25) is 4.79 Å². The second-order valence-corrected chi connectivity index (χ2v) is 8.41. The number of aliphatic hydroxyl groups is 2. The van der Waals surface area contributed by atoms with Crippen molar-refractivity contribution in [2.24, 2.45) is 0 Å². The summed E-state index contributed by atoms with van der Waals surface area (Å²) in [5.74, 6) is -0.192. The van der Waals surface area contributed by atoms with Crippen molar-refractivity contribution in [3.8, 4) is 10.4 Å². The third-order valence-electron chi connectivity index (χ3n) is 4.98. The van der Waals surface area contributed by atoms with Crippen molar-refractivity contribution in [2.75, 3.05) is 6.61 Å². The smallest absolute Gasteiger partial charge is 0.162 e. The van der Waals surface area contributed by atoms with Gasteiger partial charge in [0, 0.05) is 28.2 Å². The van der Waals surface area contributed by atoms with Gasteiger partial charge < -0.3 is 10.2 Å². The first-order chi connectivity index (χ1) is 14.0. The van der Waals surface area contributed by atoms with Crippen LogP contribution >= 0.6 is 11.3 Å².